The molecule has 0 heterocycles. The highest BCUT2D eigenvalue weighted by Gasteiger charge is 2.15. The summed E-state index contributed by atoms with van der Waals surface area (Å²) in [6.07, 6.45) is 0. The Balaban J connectivity index is 2.08. The third-order valence-corrected chi connectivity index (χ3v) is 2.67. The normalized spacial score (nSPS) is 11.7. The Morgan fingerprint density at radius 1 is 1.00 bits per heavy atom. The van der Waals surface area contributed by atoms with E-state index in [0.29, 0.717) is 11.3 Å². The van der Waals surface area contributed by atoms with Gasteiger partial charge in [0.25, 0.3) is 0 Å². The van der Waals surface area contributed by atoms with Crippen LogP contribution in [0.3, 0.4) is 0 Å². The molecule has 0 saturated heterocycles. The van der Waals surface area contributed by atoms with Crippen molar-refractivity contribution < 1.29 is 14.3 Å². The van der Waals surface area contributed by atoms with Crippen molar-refractivity contribution in [3.8, 4) is 11.5 Å². The van der Waals surface area contributed by atoms with E-state index >= 15 is 0 Å². The van der Waals surface area contributed by atoms with E-state index in [1.807, 2.05) is 30.3 Å². The number of carbonyl (C=O) groups is 1. The van der Waals surface area contributed by atoms with Gasteiger partial charge in [-0.3, -0.25) is 4.79 Å². The van der Waals surface area contributed by atoms with Crippen LogP contribution >= 0.6 is 0 Å². The zero-order valence-corrected chi connectivity index (χ0v) is 10.6. The molecule has 0 aliphatic heterocycles. The van der Waals surface area contributed by atoms with Crippen LogP contribution in [0.1, 0.15) is 11.6 Å². The number of benzene rings is 2. The number of hydrogen-bond donors (Lipinski definition) is 1. The van der Waals surface area contributed by atoms with Crippen LogP contribution in [0.25, 0.3) is 0 Å². The van der Waals surface area contributed by atoms with Gasteiger partial charge in [-0.2, -0.15) is 0 Å². The largest absolute Gasteiger partial charge is 0.468 e. The number of methoxy groups -OCH3 is 1. The smallest absolute Gasteiger partial charge is 0.327 e. The molecule has 2 rings (SSSR count). The van der Waals surface area contributed by atoms with Gasteiger partial charge in [0, 0.05) is 0 Å². The molecular weight excluding hydrogens is 242 g/mol. The van der Waals surface area contributed by atoms with Crippen molar-refractivity contribution in [3.05, 3.63) is 60.2 Å². The van der Waals surface area contributed by atoms with Crippen LogP contribution in [0.15, 0.2) is 54.6 Å². The molecule has 98 valence electrons. The second-order valence-corrected chi connectivity index (χ2v) is 3.98. The van der Waals surface area contributed by atoms with Gasteiger partial charge in [0.15, 0.2) is 0 Å². The Hall–Kier alpha value is -2.33. The summed E-state index contributed by atoms with van der Waals surface area (Å²) in [6, 6.07) is 15.7. The fourth-order valence-corrected chi connectivity index (χ4v) is 1.63. The summed E-state index contributed by atoms with van der Waals surface area (Å²) in [7, 11) is 1.31. The minimum Gasteiger partial charge on any atom is -0.468 e. The van der Waals surface area contributed by atoms with Crippen molar-refractivity contribution in [3.63, 3.8) is 0 Å². The summed E-state index contributed by atoms with van der Waals surface area (Å²) in [5.74, 6) is 0.983. The molecule has 0 aromatic heterocycles. The lowest BCUT2D eigenvalue weighted by Crippen LogP contribution is -2.22. The van der Waals surface area contributed by atoms with E-state index in [4.69, 9.17) is 10.5 Å². The van der Waals surface area contributed by atoms with E-state index in [2.05, 4.69) is 4.74 Å². The third kappa shape index (κ3) is 3.33. The van der Waals surface area contributed by atoms with Gasteiger partial charge in [-0.1, -0.05) is 30.3 Å². The highest BCUT2D eigenvalue weighted by Crippen LogP contribution is 2.22. The summed E-state index contributed by atoms with van der Waals surface area (Å²) in [5, 5.41) is 0. The molecule has 19 heavy (non-hydrogen) atoms. The van der Waals surface area contributed by atoms with Crippen LogP contribution in [-0.4, -0.2) is 13.1 Å². The molecule has 0 amide bonds. The fraction of sp³-hybridized carbons (Fsp3) is 0.133. The van der Waals surface area contributed by atoms with Gasteiger partial charge in [-0.15, -0.1) is 0 Å². The molecule has 4 heteroatoms. The van der Waals surface area contributed by atoms with Gasteiger partial charge in [-0.25, -0.2) is 0 Å². The maximum absolute atomic E-state index is 11.3. The maximum atomic E-state index is 11.3. The predicted octanol–water partition coefficient (Wildman–Crippen LogP) is 2.65. The van der Waals surface area contributed by atoms with Gasteiger partial charge in [0.2, 0.25) is 0 Å². The number of ether oxygens (including phenoxy) is 2. The first-order valence-corrected chi connectivity index (χ1v) is 5.87. The van der Waals surface area contributed by atoms with Crippen molar-refractivity contribution in [2.75, 3.05) is 7.11 Å². The Morgan fingerprint density at radius 3 is 2.16 bits per heavy atom. The first-order valence-electron chi connectivity index (χ1n) is 5.87. The van der Waals surface area contributed by atoms with E-state index < -0.39 is 12.0 Å². The minimum atomic E-state index is -0.768. The fourth-order valence-electron chi connectivity index (χ4n) is 1.63. The summed E-state index contributed by atoms with van der Waals surface area (Å²) >= 11 is 0. The molecule has 2 N–H and O–H groups in total. The third-order valence-electron chi connectivity index (χ3n) is 2.67. The Labute approximate surface area is 111 Å². The number of carbonyl (C=O) groups excluding carboxylic acids is 1. The Morgan fingerprint density at radius 2 is 1.58 bits per heavy atom. The van der Waals surface area contributed by atoms with Gasteiger partial charge in [0.05, 0.1) is 7.11 Å². The second kappa shape index (κ2) is 6.02. The summed E-state index contributed by atoms with van der Waals surface area (Å²) < 4.78 is 10.2. The lowest BCUT2D eigenvalue weighted by Gasteiger charge is -2.10. The van der Waals surface area contributed by atoms with Crippen LogP contribution in [-0.2, 0) is 9.53 Å². The molecule has 0 spiro atoms. The molecule has 0 fully saturated rings. The van der Waals surface area contributed by atoms with E-state index in [0.717, 1.165) is 5.75 Å². The lowest BCUT2D eigenvalue weighted by atomic mass is 10.1. The highest BCUT2D eigenvalue weighted by molar-refractivity contribution is 5.77. The first-order chi connectivity index (χ1) is 9.20. The number of hydrogen-bond acceptors (Lipinski definition) is 4. The molecule has 0 bridgehead atoms. The van der Waals surface area contributed by atoms with Crippen LogP contribution in [0.5, 0.6) is 11.5 Å². The highest BCUT2D eigenvalue weighted by atomic mass is 16.5. The standard InChI is InChI=1S/C15H15NO3/c1-18-15(17)14(16)11-7-9-13(10-8-11)19-12-5-3-2-4-6-12/h2-10,14H,16H2,1H3/t14-/m0/s1. The molecule has 1 atom stereocenters. The minimum absolute atomic E-state index is 0.461. The monoisotopic (exact) mass is 257 g/mol. The SMILES string of the molecule is COC(=O)[C@@H](N)c1ccc(Oc2ccccc2)cc1. The van der Waals surface area contributed by atoms with Crippen LogP contribution in [0, 0.1) is 0 Å². The van der Waals surface area contributed by atoms with Crippen LogP contribution in [0.4, 0.5) is 0 Å². The average molecular weight is 257 g/mol. The number of nitrogens with two attached hydrogens (primary N) is 1. The van der Waals surface area contributed by atoms with Gasteiger partial charge < -0.3 is 15.2 Å². The molecular formula is C15H15NO3. The molecule has 2 aromatic rings. The van der Waals surface area contributed by atoms with Crippen LogP contribution < -0.4 is 10.5 Å². The average Bonchev–Trinajstić information content (AvgIpc) is 2.47. The maximum Gasteiger partial charge on any atom is 0.327 e. The molecule has 4 nitrogen and oxygen atoms in total. The van der Waals surface area contributed by atoms with Crippen molar-refractivity contribution in [2.45, 2.75) is 6.04 Å². The quantitative estimate of drug-likeness (QED) is 0.855. The Bertz CT molecular complexity index is 537. The van der Waals surface area contributed by atoms with Crippen molar-refractivity contribution >= 4 is 5.97 Å². The predicted molar refractivity (Wildman–Crippen MR) is 71.9 cm³/mol. The van der Waals surface area contributed by atoms with Gasteiger partial charge in [-0.05, 0) is 29.8 Å². The van der Waals surface area contributed by atoms with E-state index in [1.54, 1.807) is 24.3 Å². The number of esters is 1. The summed E-state index contributed by atoms with van der Waals surface area (Å²) in [5.41, 5.74) is 6.42. The second-order valence-electron chi connectivity index (χ2n) is 3.98. The molecule has 0 aliphatic carbocycles. The van der Waals surface area contributed by atoms with Crippen molar-refractivity contribution in [1.29, 1.82) is 0 Å². The molecule has 0 radical (unpaired) electrons. The van der Waals surface area contributed by atoms with Crippen molar-refractivity contribution in [1.82, 2.24) is 0 Å². The van der Waals surface area contributed by atoms with Gasteiger partial charge in [0.1, 0.15) is 17.5 Å². The zero-order valence-electron chi connectivity index (χ0n) is 10.6. The Kier molecular flexibility index (Phi) is 4.15. The summed E-state index contributed by atoms with van der Waals surface area (Å²) in [4.78, 5) is 11.3. The van der Waals surface area contributed by atoms with E-state index in [9.17, 15) is 4.79 Å². The summed E-state index contributed by atoms with van der Waals surface area (Å²) in [6.45, 7) is 0. The molecule has 0 unspecified atom stereocenters. The van der Waals surface area contributed by atoms with Crippen molar-refractivity contribution in [2.24, 2.45) is 5.73 Å². The number of rotatable bonds is 4. The molecule has 0 saturated carbocycles. The topological polar surface area (TPSA) is 61.5 Å². The van der Waals surface area contributed by atoms with Gasteiger partial charge >= 0.3 is 5.97 Å². The molecule has 0 aliphatic rings. The molecule has 2 aromatic carbocycles. The van der Waals surface area contributed by atoms with E-state index in [1.165, 1.54) is 7.11 Å². The zero-order chi connectivity index (χ0) is 13.7. The number of para-hydroxylation sites is 1. The lowest BCUT2D eigenvalue weighted by molar-refractivity contribution is -0.142. The van der Waals surface area contributed by atoms with E-state index in [-0.39, 0.29) is 0 Å². The van der Waals surface area contributed by atoms with Crippen LogP contribution in [0.2, 0.25) is 0 Å². The first kappa shape index (κ1) is 13.1.